The number of urea groups is 1. The van der Waals surface area contributed by atoms with E-state index in [1.807, 2.05) is 39.1 Å². The fraction of sp³-hybridized carbons (Fsp3) is 0.400. The molecule has 0 aliphatic carbocycles. The van der Waals surface area contributed by atoms with Crippen LogP contribution < -0.4 is 16.2 Å². The number of H-pyrrole nitrogens is 1. The van der Waals surface area contributed by atoms with E-state index in [0.717, 1.165) is 11.3 Å². The van der Waals surface area contributed by atoms with Gasteiger partial charge in [-0.3, -0.25) is 9.48 Å². The van der Waals surface area contributed by atoms with Crippen LogP contribution in [0.1, 0.15) is 23.7 Å². The van der Waals surface area contributed by atoms with Crippen molar-refractivity contribution < 1.29 is 4.79 Å². The average Bonchev–Trinajstić information content (AvgIpc) is 2.89. The molecule has 0 saturated heterocycles. The maximum Gasteiger partial charge on any atom is 0.315 e. The van der Waals surface area contributed by atoms with Crippen LogP contribution in [-0.2, 0) is 13.1 Å². The number of hydrogen-bond donors (Lipinski definition) is 3. The summed E-state index contributed by atoms with van der Waals surface area (Å²) in [6, 6.07) is 3.34. The molecular formula is C15H21N5O2. The Morgan fingerprint density at radius 1 is 1.45 bits per heavy atom. The Labute approximate surface area is 128 Å². The number of nitrogens with one attached hydrogen (secondary N) is 3. The van der Waals surface area contributed by atoms with E-state index in [-0.39, 0.29) is 24.2 Å². The number of amides is 2. The van der Waals surface area contributed by atoms with Gasteiger partial charge < -0.3 is 15.6 Å². The third-order valence-electron chi connectivity index (χ3n) is 3.32. The molecule has 2 aromatic rings. The number of aromatic nitrogens is 3. The molecule has 2 amide bonds. The summed E-state index contributed by atoms with van der Waals surface area (Å²) in [6.07, 6.45) is 3.53. The van der Waals surface area contributed by atoms with Crippen LogP contribution in [0.25, 0.3) is 0 Å². The Morgan fingerprint density at radius 3 is 2.86 bits per heavy atom. The third-order valence-corrected chi connectivity index (χ3v) is 3.32. The van der Waals surface area contributed by atoms with Crippen LogP contribution in [0.2, 0.25) is 0 Å². The first-order valence-corrected chi connectivity index (χ1v) is 7.17. The lowest BCUT2D eigenvalue weighted by Gasteiger charge is -2.15. The van der Waals surface area contributed by atoms with Gasteiger partial charge in [-0.15, -0.1) is 0 Å². The van der Waals surface area contributed by atoms with Crippen molar-refractivity contribution in [3.05, 3.63) is 51.7 Å². The van der Waals surface area contributed by atoms with E-state index in [1.54, 1.807) is 10.9 Å². The van der Waals surface area contributed by atoms with Crippen molar-refractivity contribution in [3.63, 3.8) is 0 Å². The number of pyridine rings is 1. The van der Waals surface area contributed by atoms with Crippen molar-refractivity contribution in [2.75, 3.05) is 0 Å². The second kappa shape index (κ2) is 6.93. The lowest BCUT2D eigenvalue weighted by Crippen LogP contribution is -2.43. The molecule has 2 heterocycles. The quantitative estimate of drug-likeness (QED) is 0.771. The Kier molecular flexibility index (Phi) is 4.98. The summed E-state index contributed by atoms with van der Waals surface area (Å²) in [7, 11) is 0. The molecule has 0 aliphatic heterocycles. The number of carbonyl (C=O) groups is 1. The second-order valence-corrected chi connectivity index (χ2v) is 5.40. The second-order valence-electron chi connectivity index (χ2n) is 5.40. The fourth-order valence-corrected chi connectivity index (χ4v) is 2.28. The fourth-order valence-electron chi connectivity index (χ4n) is 2.28. The van der Waals surface area contributed by atoms with Gasteiger partial charge in [0, 0.05) is 29.7 Å². The summed E-state index contributed by atoms with van der Waals surface area (Å²) >= 11 is 0. The Bertz CT molecular complexity index is 690. The van der Waals surface area contributed by atoms with Crippen molar-refractivity contribution in [3.8, 4) is 0 Å². The van der Waals surface area contributed by atoms with Crippen LogP contribution in [0.4, 0.5) is 4.79 Å². The standard InChI is InChI=1S/C15H21N5O2/c1-10-7-11(2)18-14(21)13(10)8-16-15(22)19-12(3)9-20-6-4-5-17-20/h4-7,12H,8-9H2,1-3H3,(H,18,21)(H2,16,19,22)/t12-/m0/s1. The number of carbonyl (C=O) groups excluding carboxylic acids is 1. The summed E-state index contributed by atoms with van der Waals surface area (Å²) in [5.74, 6) is 0. The molecule has 0 bridgehead atoms. The first kappa shape index (κ1) is 15.8. The molecule has 0 radical (unpaired) electrons. The molecule has 2 aromatic heterocycles. The molecule has 0 saturated carbocycles. The normalized spacial score (nSPS) is 12.0. The molecule has 7 nitrogen and oxygen atoms in total. The molecule has 22 heavy (non-hydrogen) atoms. The molecule has 0 aromatic carbocycles. The van der Waals surface area contributed by atoms with Crippen LogP contribution in [0, 0.1) is 13.8 Å². The molecule has 3 N–H and O–H groups in total. The molecular weight excluding hydrogens is 282 g/mol. The van der Waals surface area contributed by atoms with Crippen molar-refractivity contribution in [2.45, 2.75) is 39.9 Å². The molecule has 0 fully saturated rings. The van der Waals surface area contributed by atoms with Gasteiger partial charge in [0.15, 0.2) is 0 Å². The topological polar surface area (TPSA) is 91.8 Å². The minimum Gasteiger partial charge on any atom is -0.334 e. The van der Waals surface area contributed by atoms with Gasteiger partial charge in [-0.1, -0.05) is 0 Å². The van der Waals surface area contributed by atoms with Crippen molar-refractivity contribution in [2.24, 2.45) is 0 Å². The molecule has 1 atom stereocenters. The Hall–Kier alpha value is -2.57. The van der Waals surface area contributed by atoms with Gasteiger partial charge in [0.25, 0.3) is 5.56 Å². The SMILES string of the molecule is Cc1cc(C)c(CNC(=O)N[C@@H](C)Cn2cccn2)c(=O)[nH]1. The van der Waals surface area contributed by atoms with Gasteiger partial charge in [-0.25, -0.2) is 4.79 Å². The van der Waals surface area contributed by atoms with Crippen molar-refractivity contribution >= 4 is 6.03 Å². The van der Waals surface area contributed by atoms with E-state index >= 15 is 0 Å². The van der Waals surface area contributed by atoms with Crippen LogP contribution in [0.15, 0.2) is 29.3 Å². The summed E-state index contributed by atoms with van der Waals surface area (Å²) in [4.78, 5) is 26.5. The highest BCUT2D eigenvalue weighted by atomic mass is 16.2. The van der Waals surface area contributed by atoms with E-state index in [9.17, 15) is 9.59 Å². The van der Waals surface area contributed by atoms with E-state index < -0.39 is 0 Å². The van der Waals surface area contributed by atoms with Crippen LogP contribution in [0.5, 0.6) is 0 Å². The monoisotopic (exact) mass is 303 g/mol. The minimum absolute atomic E-state index is 0.0719. The van der Waals surface area contributed by atoms with Gasteiger partial charge in [0.1, 0.15) is 0 Å². The highest BCUT2D eigenvalue weighted by molar-refractivity contribution is 5.74. The average molecular weight is 303 g/mol. The van der Waals surface area contributed by atoms with E-state index in [0.29, 0.717) is 12.1 Å². The number of nitrogens with zero attached hydrogens (tertiary/aromatic N) is 2. The highest BCUT2D eigenvalue weighted by Crippen LogP contribution is 2.02. The zero-order chi connectivity index (χ0) is 16.1. The van der Waals surface area contributed by atoms with Gasteiger partial charge in [-0.2, -0.15) is 5.10 Å². The number of hydrogen-bond acceptors (Lipinski definition) is 3. The van der Waals surface area contributed by atoms with Crippen molar-refractivity contribution in [1.29, 1.82) is 0 Å². The number of rotatable bonds is 5. The number of aromatic amines is 1. The molecule has 0 unspecified atom stereocenters. The lowest BCUT2D eigenvalue weighted by atomic mass is 10.1. The largest absolute Gasteiger partial charge is 0.334 e. The minimum atomic E-state index is -0.306. The number of aryl methyl sites for hydroxylation is 2. The summed E-state index contributed by atoms with van der Waals surface area (Å²) in [5, 5.41) is 9.61. The van der Waals surface area contributed by atoms with Crippen LogP contribution >= 0.6 is 0 Å². The van der Waals surface area contributed by atoms with Crippen LogP contribution in [0.3, 0.4) is 0 Å². The first-order chi connectivity index (χ1) is 10.5. The Balaban J connectivity index is 1.86. The van der Waals surface area contributed by atoms with Gasteiger partial charge in [0.05, 0.1) is 13.1 Å². The zero-order valence-electron chi connectivity index (χ0n) is 13.0. The van der Waals surface area contributed by atoms with E-state index in [4.69, 9.17) is 0 Å². The van der Waals surface area contributed by atoms with Gasteiger partial charge in [-0.05, 0) is 38.5 Å². The third kappa shape index (κ3) is 4.21. The van der Waals surface area contributed by atoms with E-state index in [2.05, 4.69) is 20.7 Å². The maximum atomic E-state index is 11.9. The Morgan fingerprint density at radius 2 is 2.23 bits per heavy atom. The summed E-state index contributed by atoms with van der Waals surface area (Å²) in [6.45, 7) is 6.37. The van der Waals surface area contributed by atoms with Gasteiger partial charge in [0.2, 0.25) is 0 Å². The van der Waals surface area contributed by atoms with Crippen molar-refractivity contribution in [1.82, 2.24) is 25.4 Å². The van der Waals surface area contributed by atoms with E-state index in [1.165, 1.54) is 0 Å². The predicted octanol–water partition coefficient (Wildman–Crippen LogP) is 1.08. The zero-order valence-corrected chi connectivity index (χ0v) is 13.0. The molecule has 7 heteroatoms. The molecule has 2 rings (SSSR count). The van der Waals surface area contributed by atoms with Gasteiger partial charge >= 0.3 is 6.03 Å². The maximum absolute atomic E-state index is 11.9. The molecule has 0 aliphatic rings. The predicted molar refractivity (Wildman–Crippen MR) is 83.6 cm³/mol. The summed E-state index contributed by atoms with van der Waals surface area (Å²) < 4.78 is 1.75. The lowest BCUT2D eigenvalue weighted by molar-refractivity contribution is 0.235. The highest BCUT2D eigenvalue weighted by Gasteiger charge is 2.10. The van der Waals surface area contributed by atoms with Crippen LogP contribution in [-0.4, -0.2) is 26.8 Å². The molecule has 0 spiro atoms. The first-order valence-electron chi connectivity index (χ1n) is 7.17. The smallest absolute Gasteiger partial charge is 0.315 e. The summed E-state index contributed by atoms with van der Waals surface area (Å²) in [5.41, 5.74) is 2.08. The molecule has 118 valence electrons.